The fraction of sp³-hybridized carbons (Fsp3) is 0.357. The summed E-state index contributed by atoms with van der Waals surface area (Å²) in [6.07, 6.45) is -2.17. The summed E-state index contributed by atoms with van der Waals surface area (Å²) in [7, 11) is 0. The van der Waals surface area contributed by atoms with Gasteiger partial charge in [0.05, 0.1) is 4.88 Å². The molecule has 0 aliphatic rings. The monoisotopic (exact) mass is 334 g/mol. The summed E-state index contributed by atoms with van der Waals surface area (Å²) < 4.78 is 37.7. The van der Waals surface area contributed by atoms with Gasteiger partial charge in [-0.3, -0.25) is 0 Å². The van der Waals surface area contributed by atoms with Crippen molar-refractivity contribution in [3.63, 3.8) is 0 Å². The maximum atomic E-state index is 12.6. The van der Waals surface area contributed by atoms with Crippen LogP contribution in [0.2, 0.25) is 5.02 Å². The van der Waals surface area contributed by atoms with Crippen LogP contribution in [0.4, 0.5) is 13.2 Å². The van der Waals surface area contributed by atoms with Crippen LogP contribution in [0.25, 0.3) is 10.4 Å². The number of thiazole rings is 1. The van der Waals surface area contributed by atoms with Crippen molar-refractivity contribution in [2.24, 2.45) is 0 Å². The zero-order valence-corrected chi connectivity index (χ0v) is 12.9. The first-order chi connectivity index (χ1) is 9.91. The molecule has 0 saturated heterocycles. The molecule has 0 aliphatic heterocycles. The standard InChI is InChI=1S/C14H14ClF3N2S/c1-2-5-19-7-9-3-4-10(11(15)6-9)12-8-20-13(21-12)14(16,17)18/h3-4,6,8,19H,2,5,7H2,1H3. The van der Waals surface area contributed by atoms with Gasteiger partial charge in [0, 0.05) is 23.3 Å². The van der Waals surface area contributed by atoms with E-state index in [9.17, 15) is 13.2 Å². The minimum atomic E-state index is -4.42. The average molecular weight is 335 g/mol. The van der Waals surface area contributed by atoms with E-state index in [1.54, 1.807) is 12.1 Å². The van der Waals surface area contributed by atoms with Gasteiger partial charge in [0.25, 0.3) is 0 Å². The molecule has 114 valence electrons. The Kier molecular flexibility index (Phi) is 5.24. The quantitative estimate of drug-likeness (QED) is 0.780. The van der Waals surface area contributed by atoms with Gasteiger partial charge in [-0.15, -0.1) is 11.3 Å². The van der Waals surface area contributed by atoms with Crippen molar-refractivity contribution in [1.82, 2.24) is 10.3 Å². The van der Waals surface area contributed by atoms with Gasteiger partial charge in [0.15, 0.2) is 5.01 Å². The van der Waals surface area contributed by atoms with Crippen LogP contribution in [0.1, 0.15) is 23.9 Å². The predicted molar refractivity (Wildman–Crippen MR) is 79.6 cm³/mol. The van der Waals surface area contributed by atoms with Gasteiger partial charge in [0.2, 0.25) is 0 Å². The lowest BCUT2D eigenvalue weighted by molar-refractivity contribution is -0.137. The van der Waals surface area contributed by atoms with Crippen molar-refractivity contribution in [2.75, 3.05) is 6.54 Å². The van der Waals surface area contributed by atoms with Crippen molar-refractivity contribution in [2.45, 2.75) is 26.1 Å². The second-order valence-corrected chi connectivity index (χ2v) is 5.96. The molecule has 2 rings (SSSR count). The summed E-state index contributed by atoms with van der Waals surface area (Å²) in [5.74, 6) is 0. The van der Waals surface area contributed by atoms with Crippen LogP contribution >= 0.6 is 22.9 Å². The van der Waals surface area contributed by atoms with Crippen LogP contribution in [-0.2, 0) is 12.7 Å². The first kappa shape index (κ1) is 16.3. The number of halogens is 4. The maximum Gasteiger partial charge on any atom is 0.443 e. The van der Waals surface area contributed by atoms with Crippen molar-refractivity contribution >= 4 is 22.9 Å². The molecular formula is C14H14ClF3N2S. The molecule has 2 aromatic rings. The first-order valence-electron chi connectivity index (χ1n) is 6.44. The average Bonchev–Trinajstić information content (AvgIpc) is 2.88. The normalized spacial score (nSPS) is 11.9. The molecule has 7 heteroatoms. The van der Waals surface area contributed by atoms with E-state index in [0.717, 1.165) is 18.5 Å². The van der Waals surface area contributed by atoms with Gasteiger partial charge in [-0.1, -0.05) is 30.7 Å². The molecule has 0 aliphatic carbocycles. The largest absolute Gasteiger partial charge is 0.443 e. The van der Waals surface area contributed by atoms with Gasteiger partial charge >= 0.3 is 6.18 Å². The molecular weight excluding hydrogens is 321 g/mol. The summed E-state index contributed by atoms with van der Waals surface area (Å²) in [6.45, 7) is 3.67. The van der Waals surface area contributed by atoms with E-state index in [1.165, 1.54) is 6.20 Å². The molecule has 0 radical (unpaired) electrons. The summed E-state index contributed by atoms with van der Waals surface area (Å²) in [5, 5.41) is 2.82. The molecule has 2 nitrogen and oxygen atoms in total. The highest BCUT2D eigenvalue weighted by molar-refractivity contribution is 7.15. The number of nitrogens with one attached hydrogen (secondary N) is 1. The van der Waals surface area contributed by atoms with Gasteiger partial charge < -0.3 is 5.32 Å². The molecule has 1 N–H and O–H groups in total. The second-order valence-electron chi connectivity index (χ2n) is 4.52. The van der Waals surface area contributed by atoms with E-state index in [4.69, 9.17) is 11.6 Å². The summed E-state index contributed by atoms with van der Waals surface area (Å²) >= 11 is 6.77. The molecule has 0 spiro atoms. The summed E-state index contributed by atoms with van der Waals surface area (Å²) in [6, 6.07) is 5.36. The van der Waals surface area contributed by atoms with Gasteiger partial charge in [0.1, 0.15) is 0 Å². The fourth-order valence-electron chi connectivity index (χ4n) is 1.81. The summed E-state index contributed by atoms with van der Waals surface area (Å²) in [4.78, 5) is 3.83. The zero-order chi connectivity index (χ0) is 15.5. The number of rotatable bonds is 5. The topological polar surface area (TPSA) is 24.9 Å². The number of hydrogen-bond donors (Lipinski definition) is 1. The molecule has 1 aromatic carbocycles. The highest BCUT2D eigenvalue weighted by Crippen LogP contribution is 2.38. The minimum absolute atomic E-state index is 0.417. The third-order valence-electron chi connectivity index (χ3n) is 2.80. The molecule has 0 atom stereocenters. The Labute approximate surface area is 130 Å². The van der Waals surface area contributed by atoms with Gasteiger partial charge in [-0.2, -0.15) is 13.2 Å². The molecule has 0 fully saturated rings. The summed E-state index contributed by atoms with van der Waals surface area (Å²) in [5.41, 5.74) is 1.57. The van der Waals surface area contributed by atoms with Crippen LogP contribution < -0.4 is 5.32 Å². The van der Waals surface area contributed by atoms with Crippen molar-refractivity contribution in [3.05, 3.63) is 40.0 Å². The lowest BCUT2D eigenvalue weighted by atomic mass is 10.1. The molecule has 1 aromatic heterocycles. The Hall–Kier alpha value is -1.11. The number of hydrogen-bond acceptors (Lipinski definition) is 3. The number of benzene rings is 1. The van der Waals surface area contributed by atoms with E-state index in [2.05, 4.69) is 17.2 Å². The van der Waals surface area contributed by atoms with E-state index in [0.29, 0.717) is 33.3 Å². The second kappa shape index (κ2) is 6.77. The zero-order valence-electron chi connectivity index (χ0n) is 11.3. The lowest BCUT2D eigenvalue weighted by Crippen LogP contribution is -2.13. The first-order valence-corrected chi connectivity index (χ1v) is 7.63. The van der Waals surface area contributed by atoms with Crippen molar-refractivity contribution < 1.29 is 13.2 Å². The van der Waals surface area contributed by atoms with E-state index in [1.807, 2.05) is 6.07 Å². The smallest absolute Gasteiger partial charge is 0.313 e. The van der Waals surface area contributed by atoms with Gasteiger partial charge in [-0.25, -0.2) is 4.98 Å². The Morgan fingerprint density at radius 2 is 2.10 bits per heavy atom. The molecule has 1 heterocycles. The predicted octanol–water partition coefficient (Wildman–Crippen LogP) is 4.98. The minimum Gasteiger partial charge on any atom is -0.313 e. The van der Waals surface area contributed by atoms with Crippen LogP contribution in [-0.4, -0.2) is 11.5 Å². The van der Waals surface area contributed by atoms with E-state index in [-0.39, 0.29) is 0 Å². The number of aromatic nitrogens is 1. The Morgan fingerprint density at radius 1 is 1.33 bits per heavy atom. The van der Waals surface area contributed by atoms with Crippen molar-refractivity contribution in [1.29, 1.82) is 0 Å². The molecule has 21 heavy (non-hydrogen) atoms. The Balaban J connectivity index is 2.19. The van der Waals surface area contributed by atoms with E-state index < -0.39 is 11.2 Å². The van der Waals surface area contributed by atoms with Crippen LogP contribution in [0.5, 0.6) is 0 Å². The van der Waals surface area contributed by atoms with Crippen LogP contribution in [0, 0.1) is 0 Å². The molecule has 0 unspecified atom stereocenters. The van der Waals surface area contributed by atoms with Gasteiger partial charge in [-0.05, 0) is 24.6 Å². The fourth-order valence-corrected chi connectivity index (χ4v) is 2.99. The third-order valence-corrected chi connectivity index (χ3v) is 4.19. The number of nitrogens with zero attached hydrogens (tertiary/aromatic N) is 1. The van der Waals surface area contributed by atoms with Crippen LogP contribution in [0.3, 0.4) is 0 Å². The maximum absolute atomic E-state index is 12.6. The Morgan fingerprint density at radius 3 is 2.67 bits per heavy atom. The van der Waals surface area contributed by atoms with E-state index >= 15 is 0 Å². The highest BCUT2D eigenvalue weighted by Gasteiger charge is 2.34. The number of alkyl halides is 3. The van der Waals surface area contributed by atoms with Crippen molar-refractivity contribution in [3.8, 4) is 10.4 Å². The Bertz CT molecular complexity index is 611. The third kappa shape index (κ3) is 4.18. The lowest BCUT2D eigenvalue weighted by Gasteiger charge is -2.06. The molecule has 0 amide bonds. The SMILES string of the molecule is CCCNCc1ccc(-c2cnc(C(F)(F)F)s2)c(Cl)c1. The van der Waals surface area contributed by atoms with Crippen LogP contribution in [0.15, 0.2) is 24.4 Å². The molecule has 0 bridgehead atoms. The molecule has 0 saturated carbocycles. The highest BCUT2D eigenvalue weighted by atomic mass is 35.5.